The van der Waals surface area contributed by atoms with Gasteiger partial charge in [-0.1, -0.05) is 0 Å². The van der Waals surface area contributed by atoms with E-state index >= 15 is 0 Å². The van der Waals surface area contributed by atoms with Crippen molar-refractivity contribution in [1.29, 1.82) is 0 Å². The second-order valence-corrected chi connectivity index (χ2v) is 9.96. The van der Waals surface area contributed by atoms with Crippen LogP contribution in [0.3, 0.4) is 0 Å². The minimum Gasteiger partial charge on any atom is -0.483 e. The second-order valence-electron chi connectivity index (χ2n) is 7.99. The van der Waals surface area contributed by atoms with Gasteiger partial charge in [0, 0.05) is 50.8 Å². The number of carboxylic acid groups (broad SMARTS) is 1. The highest BCUT2D eigenvalue weighted by Crippen LogP contribution is 2.54. The van der Waals surface area contributed by atoms with Gasteiger partial charge >= 0.3 is 0 Å². The molecule has 13 heteroatoms. The molecule has 3 fully saturated rings. The largest absolute Gasteiger partial charge is 0.483 e. The van der Waals surface area contributed by atoms with Crippen LogP contribution in [0.1, 0.15) is 18.4 Å². The molecule has 3 saturated heterocycles. The summed E-state index contributed by atoms with van der Waals surface area (Å²) < 4.78 is 34.1. The number of amides is 1. The minimum atomic E-state index is -3.50. The van der Waals surface area contributed by atoms with E-state index < -0.39 is 10.2 Å². The Morgan fingerprint density at radius 2 is 2.20 bits per heavy atom. The Labute approximate surface area is 173 Å². The molecule has 0 radical (unpaired) electrons. The minimum absolute atomic E-state index is 0.0321. The van der Waals surface area contributed by atoms with E-state index in [0.717, 1.165) is 17.1 Å². The van der Waals surface area contributed by atoms with E-state index in [4.69, 9.17) is 14.6 Å². The Morgan fingerprint density at radius 3 is 2.80 bits per heavy atom. The van der Waals surface area contributed by atoms with Crippen LogP contribution in [0.15, 0.2) is 11.0 Å². The first-order valence-corrected chi connectivity index (χ1v) is 11.0. The van der Waals surface area contributed by atoms with Crippen molar-refractivity contribution in [3.05, 3.63) is 22.1 Å². The molecule has 1 aromatic rings. The van der Waals surface area contributed by atoms with E-state index in [1.807, 2.05) is 0 Å². The van der Waals surface area contributed by atoms with Gasteiger partial charge in [-0.15, -0.1) is 0 Å². The number of rotatable bonds is 6. The molecule has 168 valence electrons. The normalized spacial score (nSPS) is 29.6. The van der Waals surface area contributed by atoms with Crippen LogP contribution in [-0.4, -0.2) is 90.7 Å². The fourth-order valence-corrected chi connectivity index (χ4v) is 5.39. The summed E-state index contributed by atoms with van der Waals surface area (Å²) in [6.45, 7) is 1.09. The monoisotopic (exact) mass is 445 g/mol. The number of H-pyrrole nitrogens is 2. The van der Waals surface area contributed by atoms with Gasteiger partial charge in [-0.2, -0.15) is 12.7 Å². The second kappa shape index (κ2) is 8.49. The smallest absolute Gasteiger partial charge is 0.290 e. The molecule has 2 bridgehead atoms. The van der Waals surface area contributed by atoms with Crippen molar-refractivity contribution >= 4 is 22.6 Å². The molecular weight excluding hydrogens is 418 g/mol. The van der Waals surface area contributed by atoms with Gasteiger partial charge in [-0.3, -0.25) is 19.5 Å². The van der Waals surface area contributed by atoms with Crippen LogP contribution in [0.25, 0.3) is 0 Å². The zero-order valence-electron chi connectivity index (χ0n) is 16.8. The lowest BCUT2D eigenvalue weighted by atomic mass is 9.74. The maximum atomic E-state index is 12.7. The first kappa shape index (κ1) is 22.5. The first-order valence-electron chi connectivity index (χ1n) is 9.59. The van der Waals surface area contributed by atoms with Crippen molar-refractivity contribution in [2.24, 2.45) is 11.8 Å². The molecule has 4 N–H and O–H groups in total. The van der Waals surface area contributed by atoms with Crippen molar-refractivity contribution in [2.75, 3.05) is 33.7 Å². The standard InChI is InChI=1S/C16H25N5O5S.CH2O2/c1-20(2)27(24,25)18-7-11-12-8-21(9-16(12)4-3-13(11)26-16)14(22)5-10-6-17-19-15(10)23;2-1-3/h6,11-13,18H,3-5,7-9H2,1-2H3,(H2,17,19,23);1H,(H,2,3)/t11-,12+,13+,16+;/m0./s1. The van der Waals surface area contributed by atoms with Crippen LogP contribution < -0.4 is 10.3 Å². The number of hydrogen-bond donors (Lipinski definition) is 4. The van der Waals surface area contributed by atoms with Crippen LogP contribution >= 0.6 is 0 Å². The third-order valence-electron chi connectivity index (χ3n) is 6.18. The number of aromatic amines is 2. The number of nitrogens with zero attached hydrogens (tertiary/aromatic N) is 2. The molecule has 4 heterocycles. The maximum absolute atomic E-state index is 12.7. The zero-order chi connectivity index (χ0) is 22.1. The summed E-state index contributed by atoms with van der Waals surface area (Å²) in [7, 11) is -0.525. The van der Waals surface area contributed by atoms with Gasteiger partial charge in [-0.25, -0.2) is 4.72 Å². The Morgan fingerprint density at radius 1 is 1.50 bits per heavy atom. The summed E-state index contributed by atoms with van der Waals surface area (Å²) in [6.07, 6.45) is 3.35. The van der Waals surface area contributed by atoms with E-state index in [-0.39, 0.29) is 47.9 Å². The average Bonchev–Trinajstić information content (AvgIpc) is 3.42. The topological polar surface area (TPSA) is 165 Å². The fourth-order valence-electron chi connectivity index (χ4n) is 4.72. The summed E-state index contributed by atoms with van der Waals surface area (Å²) in [5.41, 5.74) is -0.247. The summed E-state index contributed by atoms with van der Waals surface area (Å²) in [4.78, 5) is 34.4. The summed E-state index contributed by atoms with van der Waals surface area (Å²) in [5, 5.41) is 11.9. The molecule has 4 rings (SSSR count). The van der Waals surface area contributed by atoms with E-state index in [0.29, 0.717) is 25.2 Å². The molecule has 30 heavy (non-hydrogen) atoms. The Kier molecular flexibility index (Phi) is 6.36. The third-order valence-corrected chi connectivity index (χ3v) is 7.68. The Bertz CT molecular complexity index is 942. The zero-order valence-corrected chi connectivity index (χ0v) is 17.6. The van der Waals surface area contributed by atoms with E-state index in [2.05, 4.69) is 14.9 Å². The quantitative estimate of drug-likeness (QED) is 0.381. The third kappa shape index (κ3) is 4.15. The van der Waals surface area contributed by atoms with Crippen molar-refractivity contribution in [3.8, 4) is 0 Å². The van der Waals surface area contributed by atoms with E-state index in [9.17, 15) is 18.0 Å². The molecule has 0 aliphatic carbocycles. The van der Waals surface area contributed by atoms with Gasteiger partial charge in [0.05, 0.1) is 24.7 Å². The highest BCUT2D eigenvalue weighted by Gasteiger charge is 2.63. The summed E-state index contributed by atoms with van der Waals surface area (Å²) in [5.74, 6) is 0.0417. The number of likely N-dealkylation sites (tertiary alicyclic amines) is 1. The molecular formula is C17H27N5O7S. The van der Waals surface area contributed by atoms with Crippen molar-refractivity contribution in [2.45, 2.75) is 31.0 Å². The highest BCUT2D eigenvalue weighted by atomic mass is 32.2. The number of aromatic nitrogens is 2. The Hall–Kier alpha value is -2.22. The van der Waals surface area contributed by atoms with Gasteiger partial charge in [0.15, 0.2) is 0 Å². The van der Waals surface area contributed by atoms with Crippen molar-refractivity contribution in [1.82, 2.24) is 24.1 Å². The molecule has 12 nitrogen and oxygen atoms in total. The molecule has 1 aromatic heterocycles. The van der Waals surface area contributed by atoms with Gasteiger partial charge in [0.1, 0.15) is 0 Å². The average molecular weight is 445 g/mol. The van der Waals surface area contributed by atoms with Crippen molar-refractivity contribution in [3.63, 3.8) is 0 Å². The van der Waals surface area contributed by atoms with Gasteiger partial charge < -0.3 is 19.8 Å². The van der Waals surface area contributed by atoms with Crippen LogP contribution in [0.4, 0.5) is 0 Å². The SMILES string of the molecule is CN(C)S(=O)(=O)NC[C@H]1[C@H]2CN(C(=O)Cc3c[nH][nH]c3=O)C[C@]23CC[C@H]1O3.O=CO. The molecule has 3 aliphatic rings. The molecule has 1 amide bonds. The summed E-state index contributed by atoms with van der Waals surface area (Å²) in [6, 6.07) is 0. The van der Waals surface area contributed by atoms with Crippen molar-refractivity contribution < 1.29 is 27.9 Å². The lowest BCUT2D eigenvalue weighted by Crippen LogP contribution is -2.44. The number of nitrogens with one attached hydrogen (secondary N) is 3. The molecule has 4 atom stereocenters. The first-order chi connectivity index (χ1) is 14.1. The lowest BCUT2D eigenvalue weighted by molar-refractivity contribution is -0.131. The predicted octanol–water partition coefficient (Wildman–Crippen LogP) is -1.65. The van der Waals surface area contributed by atoms with E-state index in [1.54, 1.807) is 4.90 Å². The molecule has 1 spiro atoms. The van der Waals surface area contributed by atoms with Crippen LogP contribution in [0.5, 0.6) is 0 Å². The van der Waals surface area contributed by atoms with Gasteiger partial charge in [-0.05, 0) is 12.8 Å². The number of carbonyl (C=O) groups is 2. The number of ether oxygens (including phenoxy) is 1. The predicted molar refractivity (Wildman–Crippen MR) is 105 cm³/mol. The number of carbonyl (C=O) groups excluding carboxylic acids is 1. The number of hydrogen-bond acceptors (Lipinski definition) is 6. The highest BCUT2D eigenvalue weighted by molar-refractivity contribution is 7.87. The molecule has 0 saturated carbocycles. The molecule has 0 unspecified atom stereocenters. The Balaban J connectivity index is 0.000000806. The van der Waals surface area contributed by atoms with E-state index in [1.165, 1.54) is 20.3 Å². The van der Waals surface area contributed by atoms with Crippen LogP contribution in [0, 0.1) is 11.8 Å². The molecule has 0 aromatic carbocycles. The summed E-state index contributed by atoms with van der Waals surface area (Å²) >= 11 is 0. The fraction of sp³-hybridized carbons (Fsp3) is 0.706. The molecule has 3 aliphatic heterocycles. The van der Waals surface area contributed by atoms with Gasteiger partial charge in [0.25, 0.3) is 22.2 Å². The van der Waals surface area contributed by atoms with Gasteiger partial charge in [0.2, 0.25) is 5.91 Å². The van der Waals surface area contributed by atoms with Crippen LogP contribution in [-0.2, 0) is 31.0 Å². The number of fused-ring (bicyclic) bond motifs is 1. The maximum Gasteiger partial charge on any atom is 0.290 e. The lowest BCUT2D eigenvalue weighted by Gasteiger charge is -2.29. The van der Waals surface area contributed by atoms with Crippen LogP contribution in [0.2, 0.25) is 0 Å².